The average Bonchev–Trinajstić information content (AvgIpc) is 3.11. The largest absolute Gasteiger partial charge is 0.381 e. The molecule has 1 N–H and O–H groups in total. The zero-order valence-corrected chi connectivity index (χ0v) is 14.4. The number of carbonyl (C=O) groups is 1. The van der Waals surface area contributed by atoms with Crippen molar-refractivity contribution in [3.05, 3.63) is 16.6 Å². The predicted molar refractivity (Wildman–Crippen MR) is 87.9 cm³/mol. The van der Waals surface area contributed by atoms with Gasteiger partial charge in [-0.3, -0.25) is 4.79 Å². The van der Waals surface area contributed by atoms with Crippen molar-refractivity contribution < 1.29 is 14.4 Å². The van der Waals surface area contributed by atoms with Gasteiger partial charge in [0.15, 0.2) is 0 Å². The van der Waals surface area contributed by atoms with Crippen LogP contribution in [0.1, 0.15) is 37.1 Å². The third-order valence-corrected chi connectivity index (χ3v) is 5.85. The first-order valence-electron chi connectivity index (χ1n) is 8.30. The Balaban J connectivity index is 1.59. The zero-order valence-electron chi connectivity index (χ0n) is 13.6. The maximum Gasteiger partial charge on any atom is 0.221 e. The van der Waals surface area contributed by atoms with Gasteiger partial charge in [-0.05, 0) is 18.8 Å². The van der Waals surface area contributed by atoms with E-state index in [4.69, 9.17) is 9.57 Å². The average molecular weight is 339 g/mol. The van der Waals surface area contributed by atoms with Gasteiger partial charge in [0, 0.05) is 57.1 Å². The molecular formula is C16H25N3O3S. The number of piperidine rings is 1. The molecule has 0 saturated carbocycles. The van der Waals surface area contributed by atoms with E-state index in [2.05, 4.69) is 10.3 Å². The van der Waals surface area contributed by atoms with Gasteiger partial charge in [0.25, 0.3) is 0 Å². The fourth-order valence-electron chi connectivity index (χ4n) is 3.45. The van der Waals surface area contributed by atoms with E-state index in [1.165, 1.54) is 0 Å². The molecule has 0 aliphatic carbocycles. The van der Waals surface area contributed by atoms with E-state index in [1.54, 1.807) is 18.4 Å². The molecule has 3 rings (SSSR count). The quantitative estimate of drug-likeness (QED) is 0.888. The van der Waals surface area contributed by atoms with Crippen molar-refractivity contribution >= 4 is 17.2 Å². The predicted octanol–water partition coefficient (Wildman–Crippen LogP) is 1.93. The number of hydroxylamine groups is 2. The number of rotatable bonds is 5. The van der Waals surface area contributed by atoms with Gasteiger partial charge in [0.1, 0.15) is 5.01 Å². The number of hydrogen-bond donors (Lipinski definition) is 1. The maximum absolute atomic E-state index is 12.6. The first-order chi connectivity index (χ1) is 11.2. The Morgan fingerprint density at radius 2 is 2.22 bits per heavy atom. The number of nitrogens with zero attached hydrogens (tertiary/aromatic N) is 2. The van der Waals surface area contributed by atoms with Gasteiger partial charge in [0.05, 0.1) is 12.6 Å². The molecule has 1 aromatic rings. The maximum atomic E-state index is 12.6. The number of aromatic nitrogens is 1. The lowest BCUT2D eigenvalue weighted by Gasteiger charge is -2.37. The van der Waals surface area contributed by atoms with Crippen LogP contribution in [-0.2, 0) is 19.9 Å². The van der Waals surface area contributed by atoms with Crippen molar-refractivity contribution in [2.45, 2.75) is 37.6 Å². The van der Waals surface area contributed by atoms with Crippen molar-refractivity contribution in [2.24, 2.45) is 5.92 Å². The monoisotopic (exact) mass is 339 g/mol. The molecule has 2 aliphatic heterocycles. The summed E-state index contributed by atoms with van der Waals surface area (Å²) in [5.74, 6) is 0.576. The normalized spacial score (nSPS) is 22.8. The molecule has 1 amide bonds. The summed E-state index contributed by atoms with van der Waals surface area (Å²) >= 11 is 1.62. The van der Waals surface area contributed by atoms with Gasteiger partial charge in [-0.25, -0.2) is 4.98 Å². The highest BCUT2D eigenvalue weighted by atomic mass is 32.1. The van der Waals surface area contributed by atoms with Crippen molar-refractivity contribution in [3.63, 3.8) is 0 Å². The van der Waals surface area contributed by atoms with Gasteiger partial charge < -0.3 is 14.9 Å². The molecule has 23 heavy (non-hydrogen) atoms. The standard InChI is InChI=1S/C16H25N3O3S/c1-21-19-7-2-13(3-8-19)12-14(20)18-16(4-9-22-10-5-16)15-17-6-11-23-15/h6,11,13H,2-5,7-10,12H2,1H3,(H,18,20). The lowest BCUT2D eigenvalue weighted by molar-refractivity contribution is -0.150. The highest BCUT2D eigenvalue weighted by Crippen LogP contribution is 2.34. The van der Waals surface area contributed by atoms with Crippen LogP contribution in [0.4, 0.5) is 0 Å². The van der Waals surface area contributed by atoms with Crippen LogP contribution in [0.2, 0.25) is 0 Å². The van der Waals surface area contributed by atoms with Crippen LogP contribution in [-0.4, -0.2) is 49.4 Å². The number of thiazole rings is 1. The molecule has 2 saturated heterocycles. The third-order valence-electron chi connectivity index (χ3n) is 4.87. The van der Waals surface area contributed by atoms with Crippen LogP contribution in [0, 0.1) is 5.92 Å². The lowest BCUT2D eigenvalue weighted by Crippen LogP contribution is -2.50. The zero-order chi connectivity index (χ0) is 16.1. The van der Waals surface area contributed by atoms with E-state index >= 15 is 0 Å². The molecule has 7 heteroatoms. The minimum absolute atomic E-state index is 0.137. The van der Waals surface area contributed by atoms with Crippen molar-refractivity contribution in [3.8, 4) is 0 Å². The second-order valence-electron chi connectivity index (χ2n) is 6.34. The number of nitrogens with one attached hydrogen (secondary N) is 1. The number of carbonyl (C=O) groups excluding carboxylic acids is 1. The van der Waals surface area contributed by atoms with Crippen molar-refractivity contribution in [1.82, 2.24) is 15.4 Å². The van der Waals surface area contributed by atoms with E-state index in [1.807, 2.05) is 16.6 Å². The minimum Gasteiger partial charge on any atom is -0.381 e. The highest BCUT2D eigenvalue weighted by molar-refractivity contribution is 7.09. The molecule has 0 atom stereocenters. The summed E-state index contributed by atoms with van der Waals surface area (Å²) in [5.41, 5.74) is -0.337. The number of hydrogen-bond acceptors (Lipinski definition) is 6. The molecule has 0 aromatic carbocycles. The Morgan fingerprint density at radius 3 is 2.83 bits per heavy atom. The molecular weight excluding hydrogens is 314 g/mol. The summed E-state index contributed by atoms with van der Waals surface area (Å²) in [7, 11) is 1.70. The topological polar surface area (TPSA) is 63.7 Å². The fourth-order valence-corrected chi connectivity index (χ4v) is 4.30. The fraction of sp³-hybridized carbons (Fsp3) is 0.750. The summed E-state index contributed by atoms with van der Waals surface area (Å²) < 4.78 is 5.48. The van der Waals surface area contributed by atoms with E-state index < -0.39 is 0 Å². The van der Waals surface area contributed by atoms with E-state index in [-0.39, 0.29) is 11.4 Å². The van der Waals surface area contributed by atoms with E-state index in [9.17, 15) is 4.79 Å². The van der Waals surface area contributed by atoms with E-state index in [0.717, 1.165) is 43.8 Å². The molecule has 1 aromatic heterocycles. The SMILES string of the molecule is CON1CCC(CC(=O)NC2(c3nccs3)CCOCC2)CC1. The summed E-state index contributed by atoms with van der Waals surface area (Å²) in [5, 5.41) is 8.23. The molecule has 0 unspecified atom stereocenters. The lowest BCUT2D eigenvalue weighted by atomic mass is 9.89. The minimum atomic E-state index is -0.337. The van der Waals surface area contributed by atoms with Crippen molar-refractivity contribution in [1.29, 1.82) is 0 Å². The Bertz CT molecular complexity index is 495. The highest BCUT2D eigenvalue weighted by Gasteiger charge is 2.38. The summed E-state index contributed by atoms with van der Waals surface area (Å²) in [6, 6.07) is 0. The van der Waals surface area contributed by atoms with Crippen molar-refractivity contribution in [2.75, 3.05) is 33.4 Å². The summed E-state index contributed by atoms with van der Waals surface area (Å²) in [6.07, 6.45) is 6.02. The van der Waals surface area contributed by atoms with Gasteiger partial charge >= 0.3 is 0 Å². The van der Waals surface area contributed by atoms with Gasteiger partial charge in [-0.2, -0.15) is 5.06 Å². The number of ether oxygens (including phenoxy) is 1. The number of amides is 1. The molecule has 3 heterocycles. The second-order valence-corrected chi connectivity index (χ2v) is 7.23. The molecule has 0 bridgehead atoms. The van der Waals surface area contributed by atoms with Crippen LogP contribution in [0.5, 0.6) is 0 Å². The molecule has 128 valence electrons. The summed E-state index contributed by atoms with van der Waals surface area (Å²) in [4.78, 5) is 22.3. The molecule has 2 fully saturated rings. The second kappa shape index (κ2) is 7.70. The molecule has 2 aliphatic rings. The van der Waals surface area contributed by atoms with Crippen LogP contribution in [0.3, 0.4) is 0 Å². The van der Waals surface area contributed by atoms with Gasteiger partial charge in [-0.15, -0.1) is 11.3 Å². The third kappa shape index (κ3) is 4.09. The Kier molecular flexibility index (Phi) is 5.63. The smallest absolute Gasteiger partial charge is 0.221 e. The van der Waals surface area contributed by atoms with Crippen LogP contribution >= 0.6 is 11.3 Å². The summed E-state index contributed by atoms with van der Waals surface area (Å²) in [6.45, 7) is 3.15. The first kappa shape index (κ1) is 16.8. The first-order valence-corrected chi connectivity index (χ1v) is 9.17. The molecule has 0 radical (unpaired) electrons. The van der Waals surface area contributed by atoms with Crippen LogP contribution in [0.25, 0.3) is 0 Å². The van der Waals surface area contributed by atoms with Crippen LogP contribution in [0.15, 0.2) is 11.6 Å². The Morgan fingerprint density at radius 1 is 1.48 bits per heavy atom. The van der Waals surface area contributed by atoms with Crippen LogP contribution < -0.4 is 5.32 Å². The molecule has 6 nitrogen and oxygen atoms in total. The Labute approximate surface area is 141 Å². The van der Waals surface area contributed by atoms with Gasteiger partial charge in [0.2, 0.25) is 5.91 Å². The molecule has 0 spiro atoms. The van der Waals surface area contributed by atoms with Gasteiger partial charge in [-0.1, -0.05) is 0 Å². The van der Waals surface area contributed by atoms with E-state index in [0.29, 0.717) is 25.6 Å². The Hall–Kier alpha value is -1.02.